The fourth-order valence-corrected chi connectivity index (χ4v) is 2.12. The molecule has 0 radical (unpaired) electrons. The SMILES string of the molecule is CC(C)(C)N(C[C@H](N)Cc1cccc(C(F)(F)F)c1)C(=O)O. The van der Waals surface area contributed by atoms with Gasteiger partial charge in [-0.15, -0.1) is 0 Å². The molecule has 0 aliphatic rings. The highest BCUT2D eigenvalue weighted by Crippen LogP contribution is 2.29. The highest BCUT2D eigenvalue weighted by molar-refractivity contribution is 5.66. The molecule has 7 heteroatoms. The highest BCUT2D eigenvalue weighted by Gasteiger charge is 2.31. The van der Waals surface area contributed by atoms with Gasteiger partial charge in [0.2, 0.25) is 0 Å². The van der Waals surface area contributed by atoms with Crippen LogP contribution in [0.25, 0.3) is 0 Å². The first-order valence-corrected chi connectivity index (χ1v) is 6.83. The molecular formula is C15H21F3N2O2. The number of hydrogen-bond donors (Lipinski definition) is 2. The van der Waals surface area contributed by atoms with Crippen LogP contribution in [0.15, 0.2) is 24.3 Å². The molecule has 0 aliphatic carbocycles. The van der Waals surface area contributed by atoms with Crippen molar-refractivity contribution in [3.8, 4) is 0 Å². The maximum absolute atomic E-state index is 12.7. The van der Waals surface area contributed by atoms with Gasteiger partial charge in [-0.05, 0) is 38.8 Å². The van der Waals surface area contributed by atoms with Crippen molar-refractivity contribution in [2.24, 2.45) is 5.73 Å². The number of halogens is 3. The maximum atomic E-state index is 12.7. The van der Waals surface area contributed by atoms with Crippen LogP contribution >= 0.6 is 0 Å². The fraction of sp³-hybridized carbons (Fsp3) is 0.533. The van der Waals surface area contributed by atoms with E-state index in [1.54, 1.807) is 26.8 Å². The average Bonchev–Trinajstić information content (AvgIpc) is 2.33. The van der Waals surface area contributed by atoms with Crippen molar-refractivity contribution >= 4 is 6.09 Å². The van der Waals surface area contributed by atoms with Gasteiger partial charge >= 0.3 is 12.3 Å². The summed E-state index contributed by atoms with van der Waals surface area (Å²) in [5, 5.41) is 9.20. The Balaban J connectivity index is 2.81. The van der Waals surface area contributed by atoms with Crippen LogP contribution in [-0.4, -0.2) is 34.2 Å². The molecule has 0 spiro atoms. The normalized spacial score (nSPS) is 13.8. The number of nitrogens with two attached hydrogens (primary N) is 1. The minimum atomic E-state index is -4.40. The second-order valence-corrected chi connectivity index (χ2v) is 6.23. The van der Waals surface area contributed by atoms with Crippen LogP contribution in [-0.2, 0) is 12.6 Å². The number of hydrogen-bond acceptors (Lipinski definition) is 2. The Hall–Kier alpha value is -1.76. The summed E-state index contributed by atoms with van der Waals surface area (Å²) in [6.07, 6.45) is -5.34. The Bertz CT molecular complexity index is 524. The molecule has 124 valence electrons. The van der Waals surface area contributed by atoms with Crippen molar-refractivity contribution in [3.63, 3.8) is 0 Å². The van der Waals surface area contributed by atoms with Gasteiger partial charge in [-0.1, -0.05) is 18.2 Å². The van der Waals surface area contributed by atoms with Crippen LogP contribution in [0.1, 0.15) is 31.9 Å². The molecule has 0 saturated heterocycles. The number of carbonyl (C=O) groups is 1. The van der Waals surface area contributed by atoms with E-state index >= 15 is 0 Å². The first kappa shape index (κ1) is 18.3. The lowest BCUT2D eigenvalue weighted by molar-refractivity contribution is -0.137. The van der Waals surface area contributed by atoms with Crippen molar-refractivity contribution in [1.29, 1.82) is 0 Å². The maximum Gasteiger partial charge on any atom is 0.416 e. The van der Waals surface area contributed by atoms with Crippen molar-refractivity contribution in [2.45, 2.75) is 44.9 Å². The third kappa shape index (κ3) is 5.22. The molecule has 1 rings (SSSR count). The number of amides is 1. The number of alkyl halides is 3. The lowest BCUT2D eigenvalue weighted by Gasteiger charge is -2.35. The molecule has 0 fully saturated rings. The quantitative estimate of drug-likeness (QED) is 0.894. The molecular weight excluding hydrogens is 297 g/mol. The van der Waals surface area contributed by atoms with Crippen LogP contribution in [0.2, 0.25) is 0 Å². The van der Waals surface area contributed by atoms with Gasteiger partial charge in [-0.3, -0.25) is 0 Å². The third-order valence-electron chi connectivity index (χ3n) is 3.21. The lowest BCUT2D eigenvalue weighted by atomic mass is 10.0. The molecule has 4 nitrogen and oxygen atoms in total. The van der Waals surface area contributed by atoms with Gasteiger partial charge in [0.05, 0.1) is 5.56 Å². The van der Waals surface area contributed by atoms with Gasteiger partial charge in [0, 0.05) is 18.1 Å². The minimum Gasteiger partial charge on any atom is -0.465 e. The molecule has 1 aromatic carbocycles. The summed E-state index contributed by atoms with van der Waals surface area (Å²) in [4.78, 5) is 12.4. The second-order valence-electron chi connectivity index (χ2n) is 6.23. The van der Waals surface area contributed by atoms with E-state index in [2.05, 4.69) is 0 Å². The molecule has 1 amide bonds. The van der Waals surface area contributed by atoms with E-state index in [0.29, 0.717) is 5.56 Å². The van der Waals surface area contributed by atoms with Crippen LogP contribution in [0, 0.1) is 0 Å². The Kier molecular flexibility index (Phi) is 5.45. The first-order valence-electron chi connectivity index (χ1n) is 6.83. The number of nitrogens with zero attached hydrogens (tertiary/aromatic N) is 1. The minimum absolute atomic E-state index is 0.0507. The van der Waals surface area contributed by atoms with E-state index < -0.39 is 29.4 Å². The van der Waals surface area contributed by atoms with Gasteiger partial charge in [0.25, 0.3) is 0 Å². The lowest BCUT2D eigenvalue weighted by Crippen LogP contribution is -2.50. The van der Waals surface area contributed by atoms with Crippen molar-refractivity contribution in [3.05, 3.63) is 35.4 Å². The molecule has 3 N–H and O–H groups in total. The molecule has 0 aliphatic heterocycles. The van der Waals surface area contributed by atoms with E-state index in [0.717, 1.165) is 12.1 Å². The topological polar surface area (TPSA) is 66.6 Å². The summed E-state index contributed by atoms with van der Waals surface area (Å²) in [5.41, 5.74) is 4.99. The van der Waals surface area contributed by atoms with E-state index in [-0.39, 0.29) is 13.0 Å². The monoisotopic (exact) mass is 318 g/mol. The van der Waals surface area contributed by atoms with Crippen LogP contribution < -0.4 is 5.73 Å². The zero-order chi connectivity index (χ0) is 17.1. The fourth-order valence-electron chi connectivity index (χ4n) is 2.12. The van der Waals surface area contributed by atoms with E-state index in [4.69, 9.17) is 5.73 Å². The molecule has 1 atom stereocenters. The smallest absolute Gasteiger partial charge is 0.416 e. The molecule has 1 aromatic rings. The standard InChI is InChI=1S/C15H21F3N2O2/c1-14(2,3)20(13(21)22)9-12(19)8-10-5-4-6-11(7-10)15(16,17)18/h4-7,12H,8-9,19H2,1-3H3,(H,21,22)/t12-/m1/s1. The largest absolute Gasteiger partial charge is 0.465 e. The van der Waals surface area contributed by atoms with Crippen LogP contribution in [0.5, 0.6) is 0 Å². The van der Waals surface area contributed by atoms with E-state index in [1.165, 1.54) is 11.0 Å². The zero-order valence-corrected chi connectivity index (χ0v) is 12.8. The number of benzene rings is 1. The van der Waals surface area contributed by atoms with Crippen molar-refractivity contribution < 1.29 is 23.1 Å². The third-order valence-corrected chi connectivity index (χ3v) is 3.21. The van der Waals surface area contributed by atoms with Crippen molar-refractivity contribution in [1.82, 2.24) is 4.90 Å². The van der Waals surface area contributed by atoms with Gasteiger partial charge in [0.1, 0.15) is 0 Å². The predicted octanol–water partition coefficient (Wildman–Crippen LogP) is 3.35. The van der Waals surface area contributed by atoms with E-state index in [9.17, 15) is 23.1 Å². The summed E-state index contributed by atoms with van der Waals surface area (Å²) in [7, 11) is 0. The molecule has 0 unspecified atom stereocenters. The predicted molar refractivity (Wildman–Crippen MR) is 77.6 cm³/mol. The van der Waals surface area contributed by atoms with Gasteiger partial charge in [0.15, 0.2) is 0 Å². The number of carboxylic acid groups (broad SMARTS) is 1. The first-order chi connectivity index (χ1) is 9.91. The van der Waals surface area contributed by atoms with Crippen LogP contribution in [0.3, 0.4) is 0 Å². The summed E-state index contributed by atoms with van der Waals surface area (Å²) >= 11 is 0. The number of rotatable bonds is 4. The van der Waals surface area contributed by atoms with Gasteiger partial charge in [-0.2, -0.15) is 13.2 Å². The zero-order valence-electron chi connectivity index (χ0n) is 12.8. The molecule has 22 heavy (non-hydrogen) atoms. The van der Waals surface area contributed by atoms with Gasteiger partial charge < -0.3 is 15.7 Å². The Morgan fingerprint density at radius 3 is 2.36 bits per heavy atom. The molecule has 0 aromatic heterocycles. The second kappa shape index (κ2) is 6.56. The summed E-state index contributed by atoms with van der Waals surface area (Å²) < 4.78 is 38.0. The Morgan fingerprint density at radius 1 is 1.32 bits per heavy atom. The highest BCUT2D eigenvalue weighted by atomic mass is 19.4. The average molecular weight is 318 g/mol. The van der Waals surface area contributed by atoms with Crippen molar-refractivity contribution in [2.75, 3.05) is 6.54 Å². The molecule has 0 bridgehead atoms. The Labute approximate surface area is 127 Å². The van der Waals surface area contributed by atoms with E-state index in [1.807, 2.05) is 0 Å². The molecule has 0 heterocycles. The summed E-state index contributed by atoms with van der Waals surface area (Å²) in [5.74, 6) is 0. The Morgan fingerprint density at radius 2 is 1.91 bits per heavy atom. The summed E-state index contributed by atoms with van der Waals surface area (Å²) in [6.45, 7) is 5.25. The van der Waals surface area contributed by atoms with Crippen LogP contribution in [0.4, 0.5) is 18.0 Å². The summed E-state index contributed by atoms with van der Waals surface area (Å²) in [6, 6.07) is 4.33. The molecule has 0 saturated carbocycles. The van der Waals surface area contributed by atoms with Gasteiger partial charge in [-0.25, -0.2) is 4.79 Å².